The Kier molecular flexibility index (Phi) is 5.31. The lowest BCUT2D eigenvalue weighted by molar-refractivity contribution is -0.384. The number of nitro groups is 1. The van der Waals surface area contributed by atoms with Gasteiger partial charge in [-0.05, 0) is 38.3 Å². The first kappa shape index (κ1) is 15.9. The molecule has 0 spiro atoms. The largest absolute Gasteiger partial charge is 0.393 e. The number of nitrogens with zero attached hydrogens (tertiary/aromatic N) is 2. The Bertz CT molecular complexity index is 492. The summed E-state index contributed by atoms with van der Waals surface area (Å²) in [4.78, 5) is 12.7. The third-order valence-corrected chi connectivity index (χ3v) is 4.62. The molecule has 0 bridgehead atoms. The van der Waals surface area contributed by atoms with Crippen LogP contribution in [0.5, 0.6) is 0 Å². The van der Waals surface area contributed by atoms with E-state index in [-0.39, 0.29) is 22.8 Å². The molecule has 1 aliphatic rings. The van der Waals surface area contributed by atoms with Crippen LogP contribution in [0.1, 0.15) is 44.2 Å². The first-order valence-electron chi connectivity index (χ1n) is 7.61. The van der Waals surface area contributed by atoms with E-state index in [1.54, 1.807) is 12.1 Å². The van der Waals surface area contributed by atoms with Crippen molar-refractivity contribution in [2.75, 3.05) is 13.6 Å². The average Bonchev–Trinajstić information content (AvgIpc) is 2.49. The number of aliphatic hydroxyl groups is 1. The number of non-ortho nitro benzene ring substituents is 1. The van der Waals surface area contributed by atoms with E-state index in [0.29, 0.717) is 5.92 Å². The lowest BCUT2D eigenvalue weighted by atomic mass is 9.86. The van der Waals surface area contributed by atoms with E-state index in [4.69, 9.17) is 0 Å². The summed E-state index contributed by atoms with van der Waals surface area (Å²) in [7, 11) is 2.02. The Hall–Kier alpha value is -1.46. The molecule has 1 aliphatic carbocycles. The third kappa shape index (κ3) is 4.02. The van der Waals surface area contributed by atoms with Crippen LogP contribution in [0.3, 0.4) is 0 Å². The van der Waals surface area contributed by atoms with Crippen LogP contribution in [0, 0.1) is 16.0 Å². The number of aliphatic hydroxyl groups excluding tert-OH is 1. The van der Waals surface area contributed by atoms with E-state index in [1.807, 2.05) is 20.0 Å². The Balaban J connectivity index is 2.02. The van der Waals surface area contributed by atoms with Crippen molar-refractivity contribution in [3.05, 3.63) is 39.9 Å². The maximum absolute atomic E-state index is 10.9. The molecule has 0 amide bonds. The van der Waals surface area contributed by atoms with Gasteiger partial charge in [-0.1, -0.05) is 25.0 Å². The smallest absolute Gasteiger partial charge is 0.269 e. The van der Waals surface area contributed by atoms with Crippen LogP contribution in [0.2, 0.25) is 0 Å². The van der Waals surface area contributed by atoms with Crippen molar-refractivity contribution in [3.63, 3.8) is 0 Å². The number of hydrogen-bond donors (Lipinski definition) is 1. The van der Waals surface area contributed by atoms with Crippen LogP contribution in [0.4, 0.5) is 5.69 Å². The fourth-order valence-electron chi connectivity index (χ4n) is 3.08. The average molecular weight is 292 g/mol. The van der Waals surface area contributed by atoms with Crippen molar-refractivity contribution in [2.24, 2.45) is 5.92 Å². The van der Waals surface area contributed by atoms with Gasteiger partial charge in [0.05, 0.1) is 11.0 Å². The number of benzene rings is 1. The van der Waals surface area contributed by atoms with Gasteiger partial charge in [0.15, 0.2) is 0 Å². The van der Waals surface area contributed by atoms with Crippen LogP contribution < -0.4 is 0 Å². The topological polar surface area (TPSA) is 66.6 Å². The molecule has 0 heterocycles. The Morgan fingerprint density at radius 1 is 1.43 bits per heavy atom. The normalized spacial score (nSPS) is 24.0. The Morgan fingerprint density at radius 3 is 2.81 bits per heavy atom. The van der Waals surface area contributed by atoms with Crippen molar-refractivity contribution in [1.82, 2.24) is 4.90 Å². The minimum Gasteiger partial charge on any atom is -0.393 e. The monoisotopic (exact) mass is 292 g/mol. The van der Waals surface area contributed by atoms with Crippen LogP contribution in [-0.2, 0) is 0 Å². The molecule has 1 aromatic carbocycles. The standard InChI is InChI=1S/C16H24N2O3/c1-12(13-7-5-8-15(10-13)18(20)21)17(2)11-14-6-3-4-9-16(14)19/h5,7-8,10,12,14,16,19H,3-4,6,9,11H2,1-2H3. The summed E-state index contributed by atoms with van der Waals surface area (Å²) >= 11 is 0. The molecule has 1 fully saturated rings. The Labute approximate surface area is 125 Å². The maximum atomic E-state index is 10.9. The van der Waals surface area contributed by atoms with Gasteiger partial charge in [-0.3, -0.25) is 15.0 Å². The summed E-state index contributed by atoms with van der Waals surface area (Å²) in [6, 6.07) is 6.90. The van der Waals surface area contributed by atoms with Crippen LogP contribution >= 0.6 is 0 Å². The third-order valence-electron chi connectivity index (χ3n) is 4.62. The molecule has 1 N–H and O–H groups in total. The molecule has 3 unspecified atom stereocenters. The summed E-state index contributed by atoms with van der Waals surface area (Å²) in [5.41, 5.74) is 1.07. The van der Waals surface area contributed by atoms with E-state index < -0.39 is 0 Å². The number of nitro benzene ring substituents is 1. The molecule has 0 aromatic heterocycles. The zero-order valence-corrected chi connectivity index (χ0v) is 12.7. The molecule has 0 aliphatic heterocycles. The van der Waals surface area contributed by atoms with Gasteiger partial charge in [-0.2, -0.15) is 0 Å². The van der Waals surface area contributed by atoms with Crippen molar-refractivity contribution >= 4 is 5.69 Å². The molecule has 21 heavy (non-hydrogen) atoms. The van der Waals surface area contributed by atoms with Crippen LogP contribution in [0.15, 0.2) is 24.3 Å². The summed E-state index contributed by atoms with van der Waals surface area (Å²) in [5.74, 6) is 0.310. The molecule has 5 heteroatoms. The summed E-state index contributed by atoms with van der Waals surface area (Å²) in [6.45, 7) is 2.87. The molecule has 2 rings (SSSR count). The van der Waals surface area contributed by atoms with Gasteiger partial charge in [0, 0.05) is 24.7 Å². The summed E-state index contributed by atoms with van der Waals surface area (Å²) in [5, 5.41) is 20.9. The van der Waals surface area contributed by atoms with E-state index in [2.05, 4.69) is 4.90 Å². The highest BCUT2D eigenvalue weighted by atomic mass is 16.6. The second-order valence-electron chi connectivity index (χ2n) is 6.08. The predicted molar refractivity (Wildman–Crippen MR) is 82.1 cm³/mol. The van der Waals surface area contributed by atoms with E-state index in [9.17, 15) is 15.2 Å². The maximum Gasteiger partial charge on any atom is 0.269 e. The minimum absolute atomic E-state index is 0.0963. The molecule has 1 saturated carbocycles. The van der Waals surface area contributed by atoms with Crippen molar-refractivity contribution in [2.45, 2.75) is 44.8 Å². The molecule has 116 valence electrons. The van der Waals surface area contributed by atoms with Gasteiger partial charge in [0.1, 0.15) is 0 Å². The SMILES string of the molecule is CC(c1cccc([N+](=O)[O-])c1)N(C)CC1CCCCC1O. The van der Waals surface area contributed by atoms with Gasteiger partial charge in [-0.15, -0.1) is 0 Å². The highest BCUT2D eigenvalue weighted by Gasteiger charge is 2.26. The number of rotatable bonds is 5. The summed E-state index contributed by atoms with van der Waals surface area (Å²) in [6.07, 6.45) is 4.04. The van der Waals surface area contributed by atoms with E-state index in [1.165, 1.54) is 12.5 Å². The van der Waals surface area contributed by atoms with Crippen molar-refractivity contribution < 1.29 is 10.0 Å². The van der Waals surface area contributed by atoms with Gasteiger partial charge in [0.2, 0.25) is 0 Å². The highest BCUT2D eigenvalue weighted by molar-refractivity contribution is 5.35. The predicted octanol–water partition coefficient (Wildman–Crippen LogP) is 3.14. The molecule has 5 nitrogen and oxygen atoms in total. The van der Waals surface area contributed by atoms with Crippen LogP contribution in [0.25, 0.3) is 0 Å². The second kappa shape index (κ2) is 7.00. The Morgan fingerprint density at radius 2 is 2.14 bits per heavy atom. The molecule has 0 saturated heterocycles. The van der Waals surface area contributed by atoms with Gasteiger partial charge in [-0.25, -0.2) is 0 Å². The van der Waals surface area contributed by atoms with E-state index >= 15 is 0 Å². The molecule has 1 aromatic rings. The van der Waals surface area contributed by atoms with Crippen molar-refractivity contribution in [3.8, 4) is 0 Å². The zero-order valence-electron chi connectivity index (χ0n) is 12.7. The summed E-state index contributed by atoms with van der Waals surface area (Å²) < 4.78 is 0. The highest BCUT2D eigenvalue weighted by Crippen LogP contribution is 2.28. The fourth-order valence-corrected chi connectivity index (χ4v) is 3.08. The first-order chi connectivity index (χ1) is 9.99. The van der Waals surface area contributed by atoms with Crippen LogP contribution in [-0.4, -0.2) is 34.6 Å². The molecular weight excluding hydrogens is 268 g/mol. The van der Waals surface area contributed by atoms with Gasteiger partial charge in [0.25, 0.3) is 5.69 Å². The molecular formula is C16H24N2O3. The first-order valence-corrected chi connectivity index (χ1v) is 7.61. The lowest BCUT2D eigenvalue weighted by Gasteiger charge is -2.34. The zero-order chi connectivity index (χ0) is 15.4. The lowest BCUT2D eigenvalue weighted by Crippen LogP contribution is -2.36. The van der Waals surface area contributed by atoms with Gasteiger partial charge < -0.3 is 5.11 Å². The van der Waals surface area contributed by atoms with Crippen molar-refractivity contribution in [1.29, 1.82) is 0 Å². The fraction of sp³-hybridized carbons (Fsp3) is 0.625. The molecule has 0 radical (unpaired) electrons. The minimum atomic E-state index is -0.360. The van der Waals surface area contributed by atoms with E-state index in [0.717, 1.165) is 31.4 Å². The second-order valence-corrected chi connectivity index (χ2v) is 6.08. The van der Waals surface area contributed by atoms with Gasteiger partial charge >= 0.3 is 0 Å². The number of hydrogen-bond acceptors (Lipinski definition) is 4. The molecule has 3 atom stereocenters. The quantitative estimate of drug-likeness (QED) is 0.669.